The first-order valence-corrected chi connectivity index (χ1v) is 12.5. The number of anilines is 1. The molecule has 4 rings (SSSR count). The molecular weight excluding hydrogens is 494 g/mol. The van der Waals surface area contributed by atoms with Crippen LogP contribution in [-0.2, 0) is 27.2 Å². The van der Waals surface area contributed by atoms with E-state index in [1.54, 1.807) is 43.3 Å². The van der Waals surface area contributed by atoms with Crippen LogP contribution in [0.1, 0.15) is 55.6 Å². The van der Waals surface area contributed by atoms with Crippen LogP contribution in [-0.4, -0.2) is 36.6 Å². The lowest BCUT2D eigenvalue weighted by atomic mass is 10.1. The molecule has 0 unspecified atom stereocenters. The second-order valence-corrected chi connectivity index (χ2v) is 9.31. The molecule has 1 heterocycles. The van der Waals surface area contributed by atoms with Gasteiger partial charge in [0.15, 0.2) is 0 Å². The van der Waals surface area contributed by atoms with E-state index in [-0.39, 0.29) is 6.61 Å². The molecule has 3 aromatic rings. The molecule has 0 aliphatic heterocycles. The van der Waals surface area contributed by atoms with Gasteiger partial charge in [0.25, 0.3) is 0 Å². The van der Waals surface area contributed by atoms with Gasteiger partial charge in [-0.2, -0.15) is 5.10 Å². The third-order valence-corrected chi connectivity index (χ3v) is 6.88. The fourth-order valence-electron chi connectivity index (χ4n) is 3.87. The highest BCUT2D eigenvalue weighted by atomic mass is 32.1. The molecule has 0 saturated carbocycles. The Kier molecular flexibility index (Phi) is 8.09. The lowest BCUT2D eigenvalue weighted by Gasteiger charge is -2.07. The highest BCUT2D eigenvalue weighted by Gasteiger charge is 2.29. The van der Waals surface area contributed by atoms with Crippen molar-refractivity contribution in [3.8, 4) is 5.75 Å². The molecule has 0 bridgehead atoms. The Morgan fingerprint density at radius 3 is 2.49 bits per heavy atom. The van der Waals surface area contributed by atoms with Gasteiger partial charge in [-0.05, 0) is 80.1 Å². The van der Waals surface area contributed by atoms with Gasteiger partial charge in [0.05, 0.1) is 23.9 Å². The van der Waals surface area contributed by atoms with Crippen molar-refractivity contribution in [2.24, 2.45) is 5.10 Å². The maximum Gasteiger partial charge on any atom is 0.343 e. The molecule has 0 spiro atoms. The van der Waals surface area contributed by atoms with Gasteiger partial charge in [-0.3, -0.25) is 9.59 Å². The van der Waals surface area contributed by atoms with Crippen LogP contribution in [0.25, 0.3) is 0 Å². The van der Waals surface area contributed by atoms with Gasteiger partial charge in [0.1, 0.15) is 10.8 Å². The first-order valence-electron chi connectivity index (χ1n) is 11.7. The molecule has 1 aliphatic carbocycles. The van der Waals surface area contributed by atoms with Crippen molar-refractivity contribution >= 4 is 46.3 Å². The molecule has 1 aliphatic rings. The Morgan fingerprint density at radius 1 is 1.00 bits per heavy atom. The number of ether oxygens (including phenoxy) is 2. The maximum atomic E-state index is 12.4. The van der Waals surface area contributed by atoms with Crippen molar-refractivity contribution in [2.75, 3.05) is 11.9 Å². The largest absolute Gasteiger partial charge is 0.462 e. The Labute approximate surface area is 217 Å². The van der Waals surface area contributed by atoms with Crippen LogP contribution < -0.4 is 15.5 Å². The van der Waals surface area contributed by atoms with Crippen molar-refractivity contribution < 1.29 is 28.7 Å². The SMILES string of the molecule is CCOC(=O)c1c(NC(=O)C(=O)N/N=C/c2ccc(OC(=O)c3ccccc3C)cc2)sc2c1CCC2. The number of hydrogen-bond acceptors (Lipinski definition) is 8. The van der Waals surface area contributed by atoms with E-state index < -0.39 is 23.8 Å². The Hall–Kier alpha value is -4.31. The second-order valence-electron chi connectivity index (χ2n) is 8.21. The molecule has 2 N–H and O–H groups in total. The van der Waals surface area contributed by atoms with Crippen molar-refractivity contribution in [3.63, 3.8) is 0 Å². The summed E-state index contributed by atoms with van der Waals surface area (Å²) in [4.78, 5) is 50.4. The van der Waals surface area contributed by atoms with E-state index in [4.69, 9.17) is 9.47 Å². The fraction of sp³-hybridized carbons (Fsp3) is 0.222. The van der Waals surface area contributed by atoms with Gasteiger partial charge >= 0.3 is 23.8 Å². The molecule has 0 fully saturated rings. The highest BCUT2D eigenvalue weighted by Crippen LogP contribution is 2.39. The number of hydrogen-bond donors (Lipinski definition) is 2. The average molecular weight is 520 g/mol. The number of amides is 2. The zero-order valence-corrected chi connectivity index (χ0v) is 21.1. The van der Waals surface area contributed by atoms with Crippen LogP contribution in [0.15, 0.2) is 53.6 Å². The van der Waals surface area contributed by atoms with Crippen LogP contribution in [0.4, 0.5) is 5.00 Å². The molecular formula is C27H25N3O6S. The van der Waals surface area contributed by atoms with Crippen LogP contribution >= 0.6 is 11.3 Å². The number of esters is 2. The summed E-state index contributed by atoms with van der Waals surface area (Å²) < 4.78 is 10.5. The molecule has 2 amide bonds. The van der Waals surface area contributed by atoms with Crippen molar-refractivity contribution in [1.82, 2.24) is 5.43 Å². The molecule has 1 aromatic heterocycles. The summed E-state index contributed by atoms with van der Waals surface area (Å²) in [6.45, 7) is 3.75. The number of carbonyl (C=O) groups is 4. The molecule has 0 atom stereocenters. The summed E-state index contributed by atoms with van der Waals surface area (Å²) in [5.41, 5.74) is 5.28. The van der Waals surface area contributed by atoms with Gasteiger partial charge in [0.2, 0.25) is 0 Å². The van der Waals surface area contributed by atoms with E-state index in [2.05, 4.69) is 15.8 Å². The van der Waals surface area contributed by atoms with Gasteiger partial charge in [0, 0.05) is 4.88 Å². The highest BCUT2D eigenvalue weighted by molar-refractivity contribution is 7.17. The van der Waals surface area contributed by atoms with E-state index in [1.165, 1.54) is 17.6 Å². The number of hydrazone groups is 1. The van der Waals surface area contributed by atoms with Crippen LogP contribution in [0.5, 0.6) is 5.75 Å². The molecule has 2 aromatic carbocycles. The lowest BCUT2D eigenvalue weighted by molar-refractivity contribution is -0.136. The van der Waals surface area contributed by atoms with E-state index in [9.17, 15) is 19.2 Å². The molecule has 9 nitrogen and oxygen atoms in total. The number of nitrogens with one attached hydrogen (secondary N) is 2. The summed E-state index contributed by atoms with van der Waals surface area (Å²) in [6.07, 6.45) is 3.84. The third-order valence-electron chi connectivity index (χ3n) is 5.67. The monoisotopic (exact) mass is 519 g/mol. The summed E-state index contributed by atoms with van der Waals surface area (Å²) in [7, 11) is 0. The number of nitrogens with zero attached hydrogens (tertiary/aromatic N) is 1. The topological polar surface area (TPSA) is 123 Å². The van der Waals surface area contributed by atoms with E-state index in [0.29, 0.717) is 27.4 Å². The first kappa shape index (κ1) is 25.8. The van der Waals surface area contributed by atoms with E-state index in [1.807, 2.05) is 19.1 Å². The number of fused-ring (bicyclic) bond motifs is 1. The second kappa shape index (κ2) is 11.6. The Bertz CT molecular complexity index is 1380. The molecule has 37 heavy (non-hydrogen) atoms. The molecule has 0 radical (unpaired) electrons. The number of benzene rings is 2. The van der Waals surface area contributed by atoms with E-state index in [0.717, 1.165) is 35.3 Å². The maximum absolute atomic E-state index is 12.4. The predicted octanol–water partition coefficient (Wildman–Crippen LogP) is 4.03. The van der Waals surface area contributed by atoms with Crippen LogP contribution in [0, 0.1) is 6.92 Å². The van der Waals surface area contributed by atoms with Gasteiger partial charge in [-0.15, -0.1) is 11.3 Å². The molecule has 0 saturated heterocycles. The van der Waals surface area contributed by atoms with Gasteiger partial charge < -0.3 is 14.8 Å². The minimum absolute atomic E-state index is 0.210. The van der Waals surface area contributed by atoms with Crippen LogP contribution in [0.3, 0.4) is 0 Å². The summed E-state index contributed by atoms with van der Waals surface area (Å²) in [6, 6.07) is 13.6. The quantitative estimate of drug-likeness (QED) is 0.160. The van der Waals surface area contributed by atoms with Crippen molar-refractivity contribution in [2.45, 2.75) is 33.1 Å². The Morgan fingerprint density at radius 2 is 1.76 bits per heavy atom. The number of rotatable bonds is 7. The summed E-state index contributed by atoms with van der Waals surface area (Å²) >= 11 is 1.29. The normalized spacial score (nSPS) is 12.2. The minimum Gasteiger partial charge on any atom is -0.462 e. The number of thiophene rings is 1. The molecule has 190 valence electrons. The zero-order chi connectivity index (χ0) is 26.4. The number of aryl methyl sites for hydroxylation is 2. The number of carbonyl (C=O) groups excluding carboxylic acids is 4. The van der Waals surface area contributed by atoms with E-state index >= 15 is 0 Å². The van der Waals surface area contributed by atoms with Gasteiger partial charge in [-0.25, -0.2) is 15.0 Å². The summed E-state index contributed by atoms with van der Waals surface area (Å²) in [5.74, 6) is -2.54. The fourth-order valence-corrected chi connectivity index (χ4v) is 5.15. The smallest absolute Gasteiger partial charge is 0.343 e. The summed E-state index contributed by atoms with van der Waals surface area (Å²) in [5, 5.41) is 6.63. The first-order chi connectivity index (χ1) is 17.9. The van der Waals surface area contributed by atoms with Crippen molar-refractivity contribution in [1.29, 1.82) is 0 Å². The third kappa shape index (κ3) is 6.10. The zero-order valence-electron chi connectivity index (χ0n) is 20.3. The lowest BCUT2D eigenvalue weighted by Crippen LogP contribution is -2.32. The predicted molar refractivity (Wildman–Crippen MR) is 139 cm³/mol. The Balaban J connectivity index is 1.33. The molecule has 10 heteroatoms. The van der Waals surface area contributed by atoms with Gasteiger partial charge in [-0.1, -0.05) is 18.2 Å². The van der Waals surface area contributed by atoms with Crippen molar-refractivity contribution in [3.05, 3.63) is 81.2 Å². The van der Waals surface area contributed by atoms with Crippen LogP contribution in [0.2, 0.25) is 0 Å². The standard InChI is InChI=1S/C27H25N3O6S/c1-3-35-27(34)22-20-9-6-10-21(20)37-25(22)29-23(31)24(32)30-28-15-17-11-13-18(14-12-17)36-26(33)19-8-5-4-7-16(19)2/h4-5,7-8,11-15H,3,6,9-10H2,1-2H3,(H,29,31)(H,30,32)/b28-15+. The average Bonchev–Trinajstić information content (AvgIpc) is 3.46. The minimum atomic E-state index is -0.983.